The molecule has 0 unspecified atom stereocenters. The fourth-order valence-electron chi connectivity index (χ4n) is 2.72. The molecule has 0 radical (unpaired) electrons. The maximum absolute atomic E-state index is 12.6. The number of rotatable bonds is 9. The Bertz CT molecular complexity index is 1120. The smallest absolute Gasteiger partial charge is 0.261 e. The lowest BCUT2D eigenvalue weighted by Gasteiger charge is -2.18. The summed E-state index contributed by atoms with van der Waals surface area (Å²) in [6.45, 7) is -0.196. The van der Waals surface area contributed by atoms with Gasteiger partial charge in [0.15, 0.2) is 0 Å². The molecule has 152 valence electrons. The molecule has 0 heterocycles. The molecule has 8 heteroatoms. The normalized spacial score (nSPS) is 13.1. The van der Waals surface area contributed by atoms with Gasteiger partial charge < -0.3 is 0 Å². The van der Waals surface area contributed by atoms with Gasteiger partial charge in [-0.05, 0) is 29.8 Å². The number of sulfonamides is 1. The van der Waals surface area contributed by atoms with E-state index in [-0.39, 0.29) is 22.8 Å². The molecule has 0 bridgehead atoms. The Hall–Kier alpha value is -2.52. The van der Waals surface area contributed by atoms with Crippen molar-refractivity contribution in [3.63, 3.8) is 0 Å². The molecule has 0 aliphatic heterocycles. The van der Waals surface area contributed by atoms with Crippen molar-refractivity contribution >= 4 is 20.1 Å². The second-order valence-electron chi connectivity index (χ2n) is 6.34. The van der Waals surface area contributed by atoms with Crippen molar-refractivity contribution in [3.05, 3.63) is 96.6 Å². The summed E-state index contributed by atoms with van der Waals surface area (Å²) >= 11 is 0. The van der Waals surface area contributed by atoms with Crippen LogP contribution in [-0.2, 0) is 30.7 Å². The van der Waals surface area contributed by atoms with E-state index < -0.39 is 26.2 Å². The fraction of sp³-hybridized carbons (Fsp3) is 0.143. The van der Waals surface area contributed by atoms with Crippen molar-refractivity contribution < 1.29 is 21.0 Å². The van der Waals surface area contributed by atoms with Crippen molar-refractivity contribution in [3.8, 4) is 0 Å². The zero-order valence-corrected chi connectivity index (χ0v) is 17.1. The first-order chi connectivity index (χ1) is 13.9. The van der Waals surface area contributed by atoms with Crippen molar-refractivity contribution in [1.82, 2.24) is 4.72 Å². The van der Waals surface area contributed by atoms with E-state index in [9.17, 15) is 16.8 Å². The average molecular weight is 432 g/mol. The van der Waals surface area contributed by atoms with Crippen LogP contribution < -0.4 is 4.72 Å². The van der Waals surface area contributed by atoms with Crippen LogP contribution in [0, 0.1) is 0 Å². The molecule has 0 fully saturated rings. The molecule has 0 aromatic heterocycles. The second kappa shape index (κ2) is 9.32. The third kappa shape index (κ3) is 5.98. The van der Waals surface area contributed by atoms with E-state index in [1.807, 2.05) is 30.3 Å². The lowest BCUT2D eigenvalue weighted by Crippen LogP contribution is -2.36. The minimum atomic E-state index is -4.05. The van der Waals surface area contributed by atoms with Crippen molar-refractivity contribution in [1.29, 1.82) is 0 Å². The maximum Gasteiger partial charge on any atom is 0.297 e. The van der Waals surface area contributed by atoms with Gasteiger partial charge in [-0.15, -0.1) is 0 Å². The van der Waals surface area contributed by atoms with Gasteiger partial charge in [0.05, 0.1) is 15.9 Å². The van der Waals surface area contributed by atoms with Gasteiger partial charge in [-0.3, -0.25) is 4.18 Å². The Morgan fingerprint density at radius 1 is 0.690 bits per heavy atom. The molecule has 3 aromatic rings. The molecule has 1 atom stereocenters. The monoisotopic (exact) mass is 431 g/mol. The lowest BCUT2D eigenvalue weighted by atomic mass is 10.1. The fourth-order valence-corrected chi connectivity index (χ4v) is 4.91. The lowest BCUT2D eigenvalue weighted by molar-refractivity contribution is 0.212. The molecule has 3 rings (SSSR count). The summed E-state index contributed by atoms with van der Waals surface area (Å²) in [6, 6.07) is 24.8. The number of benzene rings is 3. The van der Waals surface area contributed by atoms with Crippen LogP contribution in [0.15, 0.2) is 101 Å². The highest BCUT2D eigenvalue weighted by atomic mass is 32.2. The van der Waals surface area contributed by atoms with Gasteiger partial charge in [0, 0.05) is 13.0 Å². The SMILES string of the molecule is O=S(=O)(NC[C@H](Cc1ccccc1)OS(=O)(=O)c1ccccc1)c1ccccc1. The zero-order valence-electron chi connectivity index (χ0n) is 15.5. The average Bonchev–Trinajstić information content (AvgIpc) is 2.74. The van der Waals surface area contributed by atoms with Crippen molar-refractivity contribution in [2.24, 2.45) is 0 Å². The van der Waals surface area contributed by atoms with Crippen LogP contribution in [0.4, 0.5) is 0 Å². The Morgan fingerprint density at radius 3 is 1.72 bits per heavy atom. The molecule has 0 saturated heterocycles. The molecule has 0 amide bonds. The molecule has 3 aromatic carbocycles. The van der Waals surface area contributed by atoms with E-state index in [2.05, 4.69) is 4.72 Å². The van der Waals surface area contributed by atoms with Gasteiger partial charge in [-0.25, -0.2) is 13.1 Å². The minimum Gasteiger partial charge on any atom is -0.261 e. The van der Waals surface area contributed by atoms with Gasteiger partial charge in [-0.2, -0.15) is 8.42 Å². The summed E-state index contributed by atoms with van der Waals surface area (Å²) in [5, 5.41) is 0. The highest BCUT2D eigenvalue weighted by Crippen LogP contribution is 2.17. The quantitative estimate of drug-likeness (QED) is 0.526. The van der Waals surface area contributed by atoms with E-state index in [0.29, 0.717) is 0 Å². The molecule has 0 aliphatic rings. The van der Waals surface area contributed by atoms with Crippen molar-refractivity contribution in [2.45, 2.75) is 22.3 Å². The third-order valence-electron chi connectivity index (χ3n) is 4.16. The molecule has 0 spiro atoms. The Balaban J connectivity index is 1.80. The molecular weight excluding hydrogens is 410 g/mol. The second-order valence-corrected chi connectivity index (χ2v) is 9.68. The van der Waals surface area contributed by atoms with E-state index in [4.69, 9.17) is 4.18 Å². The Labute approximate surface area is 171 Å². The van der Waals surface area contributed by atoms with Gasteiger partial charge in [0.25, 0.3) is 10.1 Å². The van der Waals surface area contributed by atoms with Gasteiger partial charge in [0.1, 0.15) is 0 Å². The topological polar surface area (TPSA) is 89.5 Å². The van der Waals surface area contributed by atoms with Crippen LogP contribution in [0.2, 0.25) is 0 Å². The first kappa shape index (κ1) is 21.2. The molecule has 29 heavy (non-hydrogen) atoms. The van der Waals surface area contributed by atoms with Crippen LogP contribution in [0.25, 0.3) is 0 Å². The summed E-state index contributed by atoms with van der Waals surface area (Å²) in [5.41, 5.74) is 0.833. The molecular formula is C21H21NO5S2. The first-order valence-electron chi connectivity index (χ1n) is 8.94. The zero-order chi connectivity index (χ0) is 20.7. The standard InChI is InChI=1S/C21H21NO5S2/c23-28(24,20-12-6-2-7-13-20)22-17-19(16-18-10-4-1-5-11-18)27-29(25,26)21-14-8-3-9-15-21/h1-15,19,22H,16-17H2/t19-/m0/s1. The number of hydrogen-bond acceptors (Lipinski definition) is 5. The van der Waals surface area contributed by atoms with Crippen molar-refractivity contribution in [2.75, 3.05) is 6.54 Å². The van der Waals surface area contributed by atoms with Crippen LogP contribution in [0.3, 0.4) is 0 Å². The van der Waals surface area contributed by atoms with Crippen LogP contribution in [-0.4, -0.2) is 29.5 Å². The Morgan fingerprint density at radius 2 is 1.17 bits per heavy atom. The predicted octanol–water partition coefficient (Wildman–Crippen LogP) is 2.98. The van der Waals surface area contributed by atoms with Gasteiger partial charge in [0.2, 0.25) is 10.0 Å². The van der Waals surface area contributed by atoms with Gasteiger partial charge in [-0.1, -0.05) is 66.7 Å². The summed E-state index contributed by atoms with van der Waals surface area (Å²) < 4.78 is 58.1. The largest absolute Gasteiger partial charge is 0.297 e. The first-order valence-corrected chi connectivity index (χ1v) is 11.8. The summed E-state index contributed by atoms with van der Waals surface area (Å²) in [4.78, 5) is 0.119. The van der Waals surface area contributed by atoms with E-state index in [0.717, 1.165) is 5.56 Å². The van der Waals surface area contributed by atoms with Crippen LogP contribution in [0.1, 0.15) is 5.56 Å². The molecule has 0 saturated carbocycles. The summed E-state index contributed by atoms with van der Waals surface area (Å²) in [5.74, 6) is 0. The molecule has 0 aliphatic carbocycles. The maximum atomic E-state index is 12.6. The summed E-state index contributed by atoms with van der Waals surface area (Å²) in [7, 11) is -7.84. The number of nitrogens with one attached hydrogen (secondary N) is 1. The molecule has 6 nitrogen and oxygen atoms in total. The van der Waals surface area contributed by atoms with E-state index in [1.54, 1.807) is 36.4 Å². The van der Waals surface area contributed by atoms with Crippen LogP contribution >= 0.6 is 0 Å². The highest BCUT2D eigenvalue weighted by Gasteiger charge is 2.24. The minimum absolute atomic E-state index is 0.0176. The number of hydrogen-bond donors (Lipinski definition) is 1. The Kier molecular flexibility index (Phi) is 6.81. The predicted molar refractivity (Wildman–Crippen MR) is 110 cm³/mol. The summed E-state index contributed by atoms with van der Waals surface area (Å²) in [6.07, 6.45) is -0.689. The van der Waals surface area contributed by atoms with Crippen LogP contribution in [0.5, 0.6) is 0 Å². The van der Waals surface area contributed by atoms with E-state index >= 15 is 0 Å². The van der Waals surface area contributed by atoms with Gasteiger partial charge >= 0.3 is 0 Å². The molecule has 1 N–H and O–H groups in total. The highest BCUT2D eigenvalue weighted by molar-refractivity contribution is 7.89. The third-order valence-corrected chi connectivity index (χ3v) is 6.97. The van der Waals surface area contributed by atoms with E-state index in [1.165, 1.54) is 24.3 Å².